The van der Waals surface area contributed by atoms with Crippen LogP contribution in [0.25, 0.3) is 0 Å². The topological polar surface area (TPSA) is 78.9 Å². The Balaban J connectivity index is 4.35. The fraction of sp³-hybridized carbons (Fsp3) is 0.762. The summed E-state index contributed by atoms with van der Waals surface area (Å²) in [5.41, 5.74) is 0. The minimum atomic E-state index is -0.791. The molecular formula is C63H110O6. The summed E-state index contributed by atoms with van der Waals surface area (Å²) in [5.74, 6) is -0.920. The zero-order chi connectivity index (χ0) is 50.0. The molecule has 6 heteroatoms. The second-order valence-electron chi connectivity index (χ2n) is 19.5. The molecule has 0 aromatic heterocycles. The Morgan fingerprint density at radius 2 is 0.580 bits per heavy atom. The van der Waals surface area contributed by atoms with Gasteiger partial charge in [-0.05, 0) is 83.5 Å². The monoisotopic (exact) mass is 963 g/mol. The van der Waals surface area contributed by atoms with Crippen LogP contribution in [-0.2, 0) is 28.6 Å². The Morgan fingerprint density at radius 1 is 0.304 bits per heavy atom. The van der Waals surface area contributed by atoms with Gasteiger partial charge in [0.25, 0.3) is 0 Å². The number of hydrogen-bond donors (Lipinski definition) is 0. The van der Waals surface area contributed by atoms with Gasteiger partial charge in [-0.1, -0.05) is 261 Å². The van der Waals surface area contributed by atoms with E-state index in [0.717, 1.165) is 103 Å². The molecule has 0 bridgehead atoms. The second kappa shape index (κ2) is 57.4. The lowest BCUT2D eigenvalue weighted by Gasteiger charge is -2.18. The molecule has 398 valence electrons. The SMILES string of the molecule is CC/C=C\C/C=C\C/C=C\C/C=C\C/C=C\CCCCCC(=O)OC[C@H](COC(=O)CCCCCCC/C=C\CCCC)OC(=O)CCCCCCCCCCCCCCCCCCCCCCC. The van der Waals surface area contributed by atoms with Crippen molar-refractivity contribution in [2.24, 2.45) is 0 Å². The minimum absolute atomic E-state index is 0.0885. The van der Waals surface area contributed by atoms with Gasteiger partial charge in [0.05, 0.1) is 0 Å². The van der Waals surface area contributed by atoms with E-state index in [-0.39, 0.29) is 31.1 Å². The standard InChI is InChI=1S/C63H110O6/c1-4-7-10-13-16-19-22-24-26-28-30-31-33-35-37-39-42-45-48-51-54-57-63(66)69-60(58-67-61(64)55-52-49-46-43-40-21-18-15-12-9-6-3)59-68-62(65)56-53-50-47-44-41-38-36-34-32-29-27-25-23-20-17-14-11-8-5-2/h8,11,15,17-18,20,25,27,32,34,38,41,60H,4-7,9-10,12-14,16,19,21-24,26,28-31,33,35-37,39-40,42-59H2,1-3H3/b11-8-,18-15-,20-17-,27-25-,34-32-,41-38-/t60-/m0/s1. The first kappa shape index (κ1) is 65.8. The van der Waals surface area contributed by atoms with E-state index in [0.29, 0.717) is 19.3 Å². The maximum absolute atomic E-state index is 12.9. The summed E-state index contributed by atoms with van der Waals surface area (Å²) in [7, 11) is 0. The molecule has 0 amide bonds. The molecule has 0 aromatic carbocycles. The van der Waals surface area contributed by atoms with Gasteiger partial charge in [-0.3, -0.25) is 14.4 Å². The van der Waals surface area contributed by atoms with Crippen molar-refractivity contribution in [3.05, 3.63) is 72.9 Å². The Bertz CT molecular complexity index is 1290. The number of unbranched alkanes of at least 4 members (excludes halogenated alkanes) is 30. The van der Waals surface area contributed by atoms with Gasteiger partial charge in [0, 0.05) is 19.3 Å². The van der Waals surface area contributed by atoms with Crippen molar-refractivity contribution in [2.75, 3.05) is 13.2 Å². The first-order valence-corrected chi connectivity index (χ1v) is 29.4. The van der Waals surface area contributed by atoms with E-state index in [1.165, 1.54) is 148 Å². The van der Waals surface area contributed by atoms with Crippen LogP contribution < -0.4 is 0 Å². The van der Waals surface area contributed by atoms with E-state index in [4.69, 9.17) is 14.2 Å². The number of rotatable bonds is 53. The summed E-state index contributed by atoms with van der Waals surface area (Å²) in [6.07, 6.45) is 73.3. The maximum atomic E-state index is 12.9. The minimum Gasteiger partial charge on any atom is -0.462 e. The molecule has 0 rings (SSSR count). The smallest absolute Gasteiger partial charge is 0.306 e. The molecule has 0 aromatic rings. The molecule has 1 atom stereocenters. The predicted octanol–water partition coefficient (Wildman–Crippen LogP) is 19.8. The molecule has 0 N–H and O–H groups in total. The quantitative estimate of drug-likeness (QED) is 0.0262. The number of carbonyl (C=O) groups is 3. The van der Waals surface area contributed by atoms with Crippen LogP contribution in [0.15, 0.2) is 72.9 Å². The lowest BCUT2D eigenvalue weighted by Crippen LogP contribution is -2.30. The fourth-order valence-electron chi connectivity index (χ4n) is 8.27. The van der Waals surface area contributed by atoms with Crippen LogP contribution in [0.3, 0.4) is 0 Å². The molecule has 0 spiro atoms. The predicted molar refractivity (Wildman–Crippen MR) is 298 cm³/mol. The highest BCUT2D eigenvalue weighted by molar-refractivity contribution is 5.71. The number of hydrogen-bond acceptors (Lipinski definition) is 6. The highest BCUT2D eigenvalue weighted by Gasteiger charge is 2.19. The van der Waals surface area contributed by atoms with Gasteiger partial charge in [-0.2, -0.15) is 0 Å². The molecule has 0 aliphatic carbocycles. The van der Waals surface area contributed by atoms with Crippen molar-refractivity contribution in [1.82, 2.24) is 0 Å². The van der Waals surface area contributed by atoms with Gasteiger partial charge >= 0.3 is 17.9 Å². The molecular weight excluding hydrogens is 853 g/mol. The van der Waals surface area contributed by atoms with E-state index < -0.39 is 6.10 Å². The Labute approximate surface area is 427 Å². The summed E-state index contributed by atoms with van der Waals surface area (Å²) < 4.78 is 16.8. The Kier molecular flexibility index (Phi) is 54.8. The Hall–Kier alpha value is -3.15. The van der Waals surface area contributed by atoms with Gasteiger partial charge < -0.3 is 14.2 Å². The molecule has 0 fully saturated rings. The molecule has 0 aliphatic heterocycles. The van der Waals surface area contributed by atoms with E-state index in [2.05, 4.69) is 93.7 Å². The van der Waals surface area contributed by atoms with E-state index >= 15 is 0 Å². The molecule has 0 unspecified atom stereocenters. The second-order valence-corrected chi connectivity index (χ2v) is 19.5. The van der Waals surface area contributed by atoms with Crippen LogP contribution >= 0.6 is 0 Å². The highest BCUT2D eigenvalue weighted by Crippen LogP contribution is 2.16. The summed E-state index contributed by atoms with van der Waals surface area (Å²) >= 11 is 0. The lowest BCUT2D eigenvalue weighted by atomic mass is 10.0. The maximum Gasteiger partial charge on any atom is 0.306 e. The van der Waals surface area contributed by atoms with Gasteiger partial charge in [-0.25, -0.2) is 0 Å². The van der Waals surface area contributed by atoms with E-state index in [1.54, 1.807) is 0 Å². The normalized spacial score (nSPS) is 12.6. The average molecular weight is 964 g/mol. The summed E-state index contributed by atoms with van der Waals surface area (Å²) in [5, 5.41) is 0. The van der Waals surface area contributed by atoms with Gasteiger partial charge in [0.1, 0.15) is 13.2 Å². The third kappa shape index (κ3) is 55.6. The van der Waals surface area contributed by atoms with Crippen molar-refractivity contribution < 1.29 is 28.6 Å². The number of ether oxygens (including phenoxy) is 3. The molecule has 0 aliphatic rings. The zero-order valence-electron chi connectivity index (χ0n) is 45.6. The molecule has 0 heterocycles. The summed E-state index contributed by atoms with van der Waals surface area (Å²) in [6, 6.07) is 0. The average Bonchev–Trinajstić information content (AvgIpc) is 3.35. The summed E-state index contributed by atoms with van der Waals surface area (Å²) in [6.45, 7) is 6.48. The van der Waals surface area contributed by atoms with Crippen molar-refractivity contribution >= 4 is 17.9 Å². The third-order valence-electron chi connectivity index (χ3n) is 12.7. The third-order valence-corrected chi connectivity index (χ3v) is 12.7. The summed E-state index contributed by atoms with van der Waals surface area (Å²) in [4.78, 5) is 38.1. The fourth-order valence-corrected chi connectivity index (χ4v) is 8.27. The van der Waals surface area contributed by atoms with Crippen LogP contribution in [0, 0.1) is 0 Å². The van der Waals surface area contributed by atoms with Crippen molar-refractivity contribution in [3.63, 3.8) is 0 Å². The van der Waals surface area contributed by atoms with Crippen LogP contribution in [0.1, 0.15) is 290 Å². The first-order valence-electron chi connectivity index (χ1n) is 29.4. The molecule has 69 heavy (non-hydrogen) atoms. The van der Waals surface area contributed by atoms with Crippen LogP contribution in [-0.4, -0.2) is 37.2 Å². The molecule has 0 saturated heterocycles. The van der Waals surface area contributed by atoms with Crippen LogP contribution in [0.4, 0.5) is 0 Å². The Morgan fingerprint density at radius 3 is 0.957 bits per heavy atom. The number of carbonyl (C=O) groups excluding carboxylic acids is 3. The van der Waals surface area contributed by atoms with Gasteiger partial charge in [0.15, 0.2) is 6.10 Å². The largest absolute Gasteiger partial charge is 0.462 e. The zero-order valence-corrected chi connectivity index (χ0v) is 45.6. The van der Waals surface area contributed by atoms with Gasteiger partial charge in [-0.15, -0.1) is 0 Å². The van der Waals surface area contributed by atoms with Crippen molar-refractivity contribution in [1.29, 1.82) is 0 Å². The van der Waals surface area contributed by atoms with E-state index in [1.807, 2.05) is 0 Å². The molecule has 0 radical (unpaired) electrons. The van der Waals surface area contributed by atoms with Crippen LogP contribution in [0.2, 0.25) is 0 Å². The molecule has 0 saturated carbocycles. The van der Waals surface area contributed by atoms with Gasteiger partial charge in [0.2, 0.25) is 0 Å². The first-order chi connectivity index (χ1) is 34.0. The number of allylic oxidation sites excluding steroid dienone is 12. The van der Waals surface area contributed by atoms with Crippen LogP contribution in [0.5, 0.6) is 0 Å². The molecule has 6 nitrogen and oxygen atoms in total. The lowest BCUT2D eigenvalue weighted by molar-refractivity contribution is -0.167. The van der Waals surface area contributed by atoms with Crippen molar-refractivity contribution in [3.8, 4) is 0 Å². The highest BCUT2D eigenvalue weighted by atomic mass is 16.6. The van der Waals surface area contributed by atoms with Crippen molar-refractivity contribution in [2.45, 2.75) is 297 Å². The van der Waals surface area contributed by atoms with E-state index in [9.17, 15) is 14.4 Å². The number of esters is 3.